The number of hydrogen-bond acceptors (Lipinski definition) is 2. The largest absolute Gasteiger partial charge is 0.416 e. The van der Waals surface area contributed by atoms with E-state index in [1.54, 1.807) is 0 Å². The highest BCUT2D eigenvalue weighted by molar-refractivity contribution is 5.68. The molecule has 0 heterocycles. The van der Waals surface area contributed by atoms with Crippen LogP contribution in [0.15, 0.2) is 23.8 Å². The lowest BCUT2D eigenvalue weighted by atomic mass is 9.97. The Morgan fingerprint density at radius 3 is 1.52 bits per heavy atom. The van der Waals surface area contributed by atoms with E-state index in [2.05, 4.69) is 0 Å². The Balaban J connectivity index is 3.58. The fraction of sp³-hybridized carbons (Fsp3) is 0.385. The molecular formula is C13H12F6O2. The molecule has 0 aromatic heterocycles. The SMILES string of the molecule is C/C(=C(/C)C(O)O)c1cc(C(F)(F)F)cc(C(F)(F)F)c1. The van der Waals surface area contributed by atoms with E-state index in [0.717, 1.165) is 0 Å². The van der Waals surface area contributed by atoms with Crippen molar-refractivity contribution >= 4 is 5.57 Å². The van der Waals surface area contributed by atoms with Gasteiger partial charge in [-0.05, 0) is 48.8 Å². The van der Waals surface area contributed by atoms with E-state index in [1.807, 2.05) is 0 Å². The Hall–Kier alpha value is -1.54. The van der Waals surface area contributed by atoms with Crippen molar-refractivity contribution in [3.63, 3.8) is 0 Å². The maximum atomic E-state index is 12.7. The van der Waals surface area contributed by atoms with E-state index in [-0.39, 0.29) is 22.8 Å². The number of benzene rings is 1. The van der Waals surface area contributed by atoms with Crippen molar-refractivity contribution in [3.8, 4) is 0 Å². The van der Waals surface area contributed by atoms with Crippen molar-refractivity contribution in [1.29, 1.82) is 0 Å². The lowest BCUT2D eigenvalue weighted by molar-refractivity contribution is -0.143. The molecule has 0 spiro atoms. The molecule has 0 bridgehead atoms. The van der Waals surface area contributed by atoms with Crippen LogP contribution in [0.5, 0.6) is 0 Å². The molecule has 0 radical (unpaired) electrons. The van der Waals surface area contributed by atoms with Gasteiger partial charge < -0.3 is 10.2 Å². The zero-order valence-electron chi connectivity index (χ0n) is 11.0. The number of aliphatic hydroxyl groups excluding tert-OH is 1. The molecule has 2 N–H and O–H groups in total. The van der Waals surface area contributed by atoms with E-state index in [1.165, 1.54) is 13.8 Å². The Morgan fingerprint density at radius 1 is 0.857 bits per heavy atom. The average Bonchev–Trinajstić information content (AvgIpc) is 2.34. The molecule has 0 fully saturated rings. The fourth-order valence-electron chi connectivity index (χ4n) is 1.59. The summed E-state index contributed by atoms with van der Waals surface area (Å²) in [6.45, 7) is 2.41. The van der Waals surface area contributed by atoms with Crippen LogP contribution in [0.3, 0.4) is 0 Å². The summed E-state index contributed by atoms with van der Waals surface area (Å²) in [4.78, 5) is 0. The summed E-state index contributed by atoms with van der Waals surface area (Å²) in [5.41, 5.74) is -3.48. The molecule has 21 heavy (non-hydrogen) atoms. The summed E-state index contributed by atoms with van der Waals surface area (Å²) in [6.07, 6.45) is -11.8. The van der Waals surface area contributed by atoms with E-state index in [0.29, 0.717) is 12.1 Å². The van der Waals surface area contributed by atoms with Crippen LogP contribution in [0, 0.1) is 0 Å². The molecule has 1 aromatic carbocycles. The molecular weight excluding hydrogens is 302 g/mol. The van der Waals surface area contributed by atoms with Gasteiger partial charge in [0.15, 0.2) is 6.29 Å². The maximum absolute atomic E-state index is 12.7. The second-order valence-corrected chi connectivity index (χ2v) is 4.48. The highest BCUT2D eigenvalue weighted by Gasteiger charge is 2.37. The van der Waals surface area contributed by atoms with Gasteiger partial charge in [0.2, 0.25) is 0 Å². The average molecular weight is 314 g/mol. The van der Waals surface area contributed by atoms with Crippen LogP contribution in [0.4, 0.5) is 26.3 Å². The predicted octanol–water partition coefficient (Wildman–Crippen LogP) is 3.83. The molecule has 0 amide bonds. The molecule has 118 valence electrons. The molecule has 1 rings (SSSR count). The van der Waals surface area contributed by atoms with Crippen LogP contribution in [-0.2, 0) is 12.4 Å². The minimum Gasteiger partial charge on any atom is -0.365 e. The van der Waals surface area contributed by atoms with Gasteiger partial charge >= 0.3 is 12.4 Å². The Bertz CT molecular complexity index is 523. The quantitative estimate of drug-likeness (QED) is 0.643. The second kappa shape index (κ2) is 5.69. The van der Waals surface area contributed by atoms with Crippen LogP contribution < -0.4 is 0 Å². The van der Waals surface area contributed by atoms with Gasteiger partial charge in [0, 0.05) is 0 Å². The van der Waals surface area contributed by atoms with Gasteiger partial charge in [-0.3, -0.25) is 0 Å². The summed E-state index contributed by atoms with van der Waals surface area (Å²) < 4.78 is 76.1. The molecule has 2 nitrogen and oxygen atoms in total. The Labute approximate surface area is 116 Å². The first-order valence-electron chi connectivity index (χ1n) is 5.67. The zero-order valence-corrected chi connectivity index (χ0v) is 11.0. The number of allylic oxidation sites excluding steroid dienone is 1. The van der Waals surface area contributed by atoms with Gasteiger partial charge in [-0.2, -0.15) is 26.3 Å². The van der Waals surface area contributed by atoms with E-state index in [4.69, 9.17) is 10.2 Å². The van der Waals surface area contributed by atoms with Crippen LogP contribution in [0.25, 0.3) is 5.57 Å². The Kier molecular flexibility index (Phi) is 4.74. The highest BCUT2D eigenvalue weighted by Crippen LogP contribution is 2.38. The van der Waals surface area contributed by atoms with Crippen molar-refractivity contribution in [1.82, 2.24) is 0 Å². The summed E-state index contributed by atoms with van der Waals surface area (Å²) in [6, 6.07) is 1.09. The summed E-state index contributed by atoms with van der Waals surface area (Å²) >= 11 is 0. The van der Waals surface area contributed by atoms with Gasteiger partial charge in [0.1, 0.15) is 0 Å². The monoisotopic (exact) mass is 314 g/mol. The summed E-state index contributed by atoms with van der Waals surface area (Å²) in [5, 5.41) is 17.9. The third-order valence-corrected chi connectivity index (χ3v) is 3.00. The van der Waals surface area contributed by atoms with Gasteiger partial charge in [0.05, 0.1) is 11.1 Å². The summed E-state index contributed by atoms with van der Waals surface area (Å²) in [5.74, 6) is 0. The third-order valence-electron chi connectivity index (χ3n) is 3.00. The maximum Gasteiger partial charge on any atom is 0.416 e. The van der Waals surface area contributed by atoms with Crippen molar-refractivity contribution in [2.45, 2.75) is 32.5 Å². The highest BCUT2D eigenvalue weighted by atomic mass is 19.4. The molecule has 0 aliphatic rings. The summed E-state index contributed by atoms with van der Waals surface area (Å²) in [7, 11) is 0. The van der Waals surface area contributed by atoms with Gasteiger partial charge in [-0.15, -0.1) is 0 Å². The molecule has 0 aliphatic carbocycles. The van der Waals surface area contributed by atoms with Gasteiger partial charge in [-0.25, -0.2) is 0 Å². The first kappa shape index (κ1) is 17.5. The van der Waals surface area contributed by atoms with Gasteiger partial charge in [-0.1, -0.05) is 0 Å². The molecule has 0 saturated carbocycles. The molecule has 0 atom stereocenters. The lowest BCUT2D eigenvalue weighted by Gasteiger charge is -2.16. The van der Waals surface area contributed by atoms with Crippen LogP contribution in [-0.4, -0.2) is 16.5 Å². The third kappa shape index (κ3) is 4.21. The minimum absolute atomic E-state index is 0.0154. The molecule has 8 heteroatoms. The molecule has 1 aromatic rings. The molecule has 0 saturated heterocycles. The normalized spacial score (nSPS) is 14.4. The van der Waals surface area contributed by atoms with Crippen LogP contribution in [0.1, 0.15) is 30.5 Å². The first-order valence-corrected chi connectivity index (χ1v) is 5.67. The van der Waals surface area contributed by atoms with Crippen molar-refractivity contribution in [2.75, 3.05) is 0 Å². The fourth-order valence-corrected chi connectivity index (χ4v) is 1.59. The zero-order chi connectivity index (χ0) is 16.6. The standard InChI is InChI=1S/C13H12F6O2/c1-6(7(2)11(20)21)8-3-9(12(14,15)16)5-10(4-8)13(17,18)19/h3-5,11,20-21H,1-2H3/b7-6+. The number of alkyl halides is 6. The van der Waals surface area contributed by atoms with Crippen LogP contribution >= 0.6 is 0 Å². The second-order valence-electron chi connectivity index (χ2n) is 4.48. The van der Waals surface area contributed by atoms with Crippen molar-refractivity contribution in [3.05, 3.63) is 40.5 Å². The number of hydrogen-bond donors (Lipinski definition) is 2. The van der Waals surface area contributed by atoms with Crippen LogP contribution in [0.2, 0.25) is 0 Å². The van der Waals surface area contributed by atoms with Crippen molar-refractivity contribution in [2.24, 2.45) is 0 Å². The number of aliphatic hydroxyl groups is 2. The smallest absolute Gasteiger partial charge is 0.365 e. The molecule has 0 aliphatic heterocycles. The lowest BCUT2D eigenvalue weighted by Crippen LogP contribution is -2.12. The van der Waals surface area contributed by atoms with Crippen molar-refractivity contribution < 1.29 is 36.6 Å². The molecule has 0 unspecified atom stereocenters. The predicted molar refractivity (Wildman–Crippen MR) is 62.9 cm³/mol. The number of halogens is 6. The van der Waals surface area contributed by atoms with E-state index >= 15 is 0 Å². The van der Waals surface area contributed by atoms with E-state index < -0.39 is 29.8 Å². The van der Waals surface area contributed by atoms with E-state index in [9.17, 15) is 26.3 Å². The minimum atomic E-state index is -4.94. The Morgan fingerprint density at radius 2 is 1.24 bits per heavy atom. The van der Waals surface area contributed by atoms with Gasteiger partial charge in [0.25, 0.3) is 0 Å². The number of rotatable bonds is 2. The topological polar surface area (TPSA) is 40.5 Å². The first-order chi connectivity index (χ1) is 9.34.